The molecule has 0 bridgehead atoms. The molecule has 19 heavy (non-hydrogen) atoms. The lowest BCUT2D eigenvalue weighted by molar-refractivity contribution is 1.25. The molecule has 0 aromatic heterocycles. The van der Waals surface area contributed by atoms with Crippen LogP contribution in [0.1, 0.15) is 30.0 Å². The van der Waals surface area contributed by atoms with E-state index in [1.807, 2.05) is 18.2 Å². The minimum absolute atomic E-state index is 0.778. The van der Waals surface area contributed by atoms with Crippen LogP contribution in [0.15, 0.2) is 54.6 Å². The van der Waals surface area contributed by atoms with Gasteiger partial charge in [0.15, 0.2) is 0 Å². The molecular weight excluding hydrogens is 252 g/mol. The third-order valence-electron chi connectivity index (χ3n) is 3.47. The number of halogens is 1. The molecular formula is C18H15Cl. The van der Waals surface area contributed by atoms with Gasteiger partial charge in [-0.2, -0.15) is 0 Å². The maximum atomic E-state index is 6.04. The van der Waals surface area contributed by atoms with Crippen LogP contribution in [0.5, 0.6) is 0 Å². The average Bonchev–Trinajstić information content (AvgIpc) is 2.77. The van der Waals surface area contributed by atoms with Gasteiger partial charge in [-0.1, -0.05) is 61.0 Å². The van der Waals surface area contributed by atoms with Gasteiger partial charge in [0.1, 0.15) is 0 Å². The summed E-state index contributed by atoms with van der Waals surface area (Å²) in [6.07, 6.45) is 5.54. The van der Waals surface area contributed by atoms with E-state index in [0.29, 0.717) is 0 Å². The van der Waals surface area contributed by atoms with Gasteiger partial charge in [-0.15, -0.1) is 0 Å². The van der Waals surface area contributed by atoms with Crippen molar-refractivity contribution < 1.29 is 0 Å². The van der Waals surface area contributed by atoms with Crippen molar-refractivity contribution in [2.24, 2.45) is 0 Å². The number of hydrogen-bond acceptors (Lipinski definition) is 0. The van der Waals surface area contributed by atoms with Crippen LogP contribution in [0.3, 0.4) is 0 Å². The summed E-state index contributed by atoms with van der Waals surface area (Å²) < 4.78 is 0. The lowest BCUT2D eigenvalue weighted by Gasteiger charge is -2.03. The molecule has 0 fully saturated rings. The first-order chi connectivity index (χ1) is 9.28. The molecule has 0 unspecified atom stereocenters. The van der Waals surface area contributed by atoms with Gasteiger partial charge in [0, 0.05) is 5.02 Å². The number of hydrogen-bond donors (Lipinski definition) is 0. The van der Waals surface area contributed by atoms with E-state index in [9.17, 15) is 0 Å². The molecule has 0 aliphatic heterocycles. The monoisotopic (exact) mass is 266 g/mol. The van der Waals surface area contributed by atoms with Crippen molar-refractivity contribution >= 4 is 28.8 Å². The molecule has 0 spiro atoms. The summed E-state index contributed by atoms with van der Waals surface area (Å²) in [6, 6.07) is 16.5. The van der Waals surface area contributed by atoms with Crippen molar-refractivity contribution in [3.8, 4) is 0 Å². The Morgan fingerprint density at radius 3 is 2.53 bits per heavy atom. The van der Waals surface area contributed by atoms with Crippen LogP contribution >= 0.6 is 11.6 Å². The highest BCUT2D eigenvalue weighted by Gasteiger charge is 2.15. The van der Waals surface area contributed by atoms with Crippen molar-refractivity contribution in [1.29, 1.82) is 0 Å². The van der Waals surface area contributed by atoms with Crippen molar-refractivity contribution in [2.45, 2.75) is 13.3 Å². The Bertz CT molecular complexity index is 678. The Morgan fingerprint density at radius 1 is 1.00 bits per heavy atom. The van der Waals surface area contributed by atoms with Crippen LogP contribution < -0.4 is 0 Å². The summed E-state index contributed by atoms with van der Waals surface area (Å²) in [4.78, 5) is 0. The van der Waals surface area contributed by atoms with Crippen LogP contribution in [-0.2, 0) is 0 Å². The van der Waals surface area contributed by atoms with Gasteiger partial charge in [-0.05, 0) is 52.5 Å². The summed E-state index contributed by atoms with van der Waals surface area (Å²) in [5, 5.41) is 0.778. The van der Waals surface area contributed by atoms with Crippen LogP contribution in [-0.4, -0.2) is 0 Å². The maximum Gasteiger partial charge on any atom is 0.0411 e. The number of benzene rings is 2. The second-order valence-corrected chi connectivity index (χ2v) is 5.16. The largest absolute Gasteiger partial charge is 0.0843 e. The first-order valence-corrected chi connectivity index (χ1v) is 6.93. The number of rotatable bonds is 2. The molecule has 1 aliphatic rings. The highest BCUT2D eigenvalue weighted by atomic mass is 35.5. The van der Waals surface area contributed by atoms with Crippen LogP contribution in [0.25, 0.3) is 17.2 Å². The topological polar surface area (TPSA) is 0 Å². The number of fused-ring (bicyclic) bond motifs is 1. The fourth-order valence-corrected chi connectivity index (χ4v) is 2.74. The van der Waals surface area contributed by atoms with Gasteiger partial charge in [0.2, 0.25) is 0 Å². The second-order valence-electron chi connectivity index (χ2n) is 4.72. The van der Waals surface area contributed by atoms with Gasteiger partial charge < -0.3 is 0 Å². The lowest BCUT2D eigenvalue weighted by Crippen LogP contribution is -1.82. The van der Waals surface area contributed by atoms with E-state index >= 15 is 0 Å². The third kappa shape index (κ3) is 2.36. The molecule has 3 rings (SSSR count). The Hall–Kier alpha value is -1.79. The lowest BCUT2D eigenvalue weighted by atomic mass is 10.0. The van der Waals surface area contributed by atoms with Crippen molar-refractivity contribution in [3.63, 3.8) is 0 Å². The summed E-state index contributed by atoms with van der Waals surface area (Å²) in [6.45, 7) is 2.20. The van der Waals surface area contributed by atoms with Crippen molar-refractivity contribution in [3.05, 3.63) is 76.3 Å². The normalized spacial score (nSPS) is 15.5. The zero-order valence-corrected chi connectivity index (χ0v) is 11.6. The minimum atomic E-state index is 0.778. The molecule has 94 valence electrons. The molecule has 0 heterocycles. The Morgan fingerprint density at radius 2 is 1.79 bits per heavy atom. The summed E-state index contributed by atoms with van der Waals surface area (Å²) in [7, 11) is 0. The van der Waals surface area contributed by atoms with Crippen molar-refractivity contribution in [2.75, 3.05) is 0 Å². The highest BCUT2D eigenvalue weighted by molar-refractivity contribution is 6.30. The molecule has 2 aromatic rings. The van der Waals surface area contributed by atoms with E-state index in [2.05, 4.69) is 49.4 Å². The molecule has 0 saturated heterocycles. The minimum Gasteiger partial charge on any atom is -0.0843 e. The predicted molar refractivity (Wildman–Crippen MR) is 84.0 cm³/mol. The van der Waals surface area contributed by atoms with E-state index in [1.54, 1.807) is 0 Å². The molecule has 0 amide bonds. The molecule has 0 atom stereocenters. The Labute approximate surface area is 119 Å². The van der Waals surface area contributed by atoms with E-state index in [-0.39, 0.29) is 0 Å². The highest BCUT2D eigenvalue weighted by Crippen LogP contribution is 2.37. The standard InChI is InChI=1S/C18H15Cl/c1-2-14-12-15(18-9-4-3-8-17(14)18)10-13-6-5-7-16(19)11-13/h3-12H,2H2,1H3. The van der Waals surface area contributed by atoms with Crippen molar-refractivity contribution in [1.82, 2.24) is 0 Å². The summed E-state index contributed by atoms with van der Waals surface area (Å²) in [5.41, 5.74) is 6.50. The first-order valence-electron chi connectivity index (χ1n) is 6.55. The van der Waals surface area contributed by atoms with E-state index in [0.717, 1.165) is 17.0 Å². The molecule has 1 aliphatic carbocycles. The molecule has 0 saturated carbocycles. The first kappa shape index (κ1) is 12.3. The zero-order chi connectivity index (χ0) is 13.2. The quantitative estimate of drug-likeness (QED) is 0.655. The summed E-state index contributed by atoms with van der Waals surface area (Å²) in [5.74, 6) is 0. The van der Waals surface area contributed by atoms with E-state index in [4.69, 9.17) is 11.6 Å². The summed E-state index contributed by atoms with van der Waals surface area (Å²) >= 11 is 6.04. The molecule has 0 nitrogen and oxygen atoms in total. The van der Waals surface area contributed by atoms with Crippen LogP contribution in [0.4, 0.5) is 0 Å². The van der Waals surface area contributed by atoms with Gasteiger partial charge in [0.25, 0.3) is 0 Å². The molecule has 0 N–H and O–H groups in total. The fourth-order valence-electron chi connectivity index (χ4n) is 2.55. The van der Waals surface area contributed by atoms with Gasteiger partial charge >= 0.3 is 0 Å². The van der Waals surface area contributed by atoms with Gasteiger partial charge in [0.05, 0.1) is 0 Å². The fraction of sp³-hybridized carbons (Fsp3) is 0.111. The SMILES string of the molecule is CCC1=CC(=Cc2cccc(Cl)c2)c2ccccc21. The van der Waals surface area contributed by atoms with Gasteiger partial charge in [-0.3, -0.25) is 0 Å². The maximum absolute atomic E-state index is 6.04. The van der Waals surface area contributed by atoms with E-state index < -0.39 is 0 Å². The Kier molecular flexibility index (Phi) is 3.27. The average molecular weight is 267 g/mol. The molecule has 0 radical (unpaired) electrons. The Balaban J connectivity index is 2.09. The predicted octanol–water partition coefficient (Wildman–Crippen LogP) is 5.69. The zero-order valence-electron chi connectivity index (χ0n) is 10.9. The second kappa shape index (κ2) is 5.07. The molecule has 2 aromatic carbocycles. The van der Waals surface area contributed by atoms with Crippen LogP contribution in [0.2, 0.25) is 5.02 Å². The number of allylic oxidation sites excluding steroid dienone is 3. The van der Waals surface area contributed by atoms with E-state index in [1.165, 1.54) is 22.3 Å². The smallest absolute Gasteiger partial charge is 0.0411 e. The third-order valence-corrected chi connectivity index (χ3v) is 3.70. The van der Waals surface area contributed by atoms with Gasteiger partial charge in [-0.25, -0.2) is 0 Å². The van der Waals surface area contributed by atoms with Crippen LogP contribution in [0, 0.1) is 0 Å². The molecule has 1 heteroatoms.